The Hall–Kier alpha value is -2.33. The molecular formula is C24H32N4O3S2. The second-order valence-electron chi connectivity index (χ2n) is 8.03. The summed E-state index contributed by atoms with van der Waals surface area (Å²) in [6.45, 7) is 7.68. The molecule has 2 aromatic carbocycles. The Morgan fingerprint density at radius 1 is 0.970 bits per heavy atom. The minimum absolute atomic E-state index is 0.190. The number of rotatable bonds is 10. The first-order valence-electron chi connectivity index (χ1n) is 11.2. The number of amides is 1. The molecule has 0 unspecified atom stereocenters. The number of nitrogens with zero attached hydrogens (tertiary/aromatic N) is 4. The van der Waals surface area contributed by atoms with Crippen molar-refractivity contribution < 1.29 is 13.2 Å². The number of fused-ring (bicyclic) bond motifs is 1. The smallest absolute Gasteiger partial charge is 0.260 e. The van der Waals surface area contributed by atoms with E-state index in [-0.39, 0.29) is 10.8 Å². The zero-order valence-corrected chi connectivity index (χ0v) is 21.5. The zero-order chi connectivity index (χ0) is 24.2. The molecule has 0 aliphatic rings. The number of aryl methyl sites for hydroxylation is 1. The Morgan fingerprint density at radius 3 is 2.21 bits per heavy atom. The van der Waals surface area contributed by atoms with E-state index < -0.39 is 10.0 Å². The van der Waals surface area contributed by atoms with E-state index in [1.807, 2.05) is 38.9 Å². The molecule has 0 N–H and O–H groups in total. The Kier molecular flexibility index (Phi) is 8.23. The fraction of sp³-hybridized carbons (Fsp3) is 0.417. The maximum absolute atomic E-state index is 13.5. The molecule has 3 aromatic rings. The molecule has 0 bridgehead atoms. The van der Waals surface area contributed by atoms with E-state index in [4.69, 9.17) is 4.98 Å². The van der Waals surface area contributed by atoms with Gasteiger partial charge < -0.3 is 4.90 Å². The molecule has 0 saturated heterocycles. The Bertz CT molecular complexity index is 1200. The highest BCUT2D eigenvalue weighted by Gasteiger charge is 2.24. The van der Waals surface area contributed by atoms with Crippen LogP contribution in [-0.4, -0.2) is 68.8 Å². The van der Waals surface area contributed by atoms with Gasteiger partial charge in [0.05, 0.1) is 15.1 Å². The lowest BCUT2D eigenvalue weighted by molar-refractivity contribution is 0.0985. The lowest BCUT2D eigenvalue weighted by Gasteiger charge is -2.22. The molecule has 1 amide bonds. The maximum atomic E-state index is 13.5. The molecular weight excluding hydrogens is 456 g/mol. The molecule has 0 spiro atoms. The number of aromatic nitrogens is 1. The van der Waals surface area contributed by atoms with Crippen molar-refractivity contribution in [2.24, 2.45) is 0 Å². The molecule has 0 fully saturated rings. The van der Waals surface area contributed by atoms with Gasteiger partial charge in [-0.2, -0.15) is 4.31 Å². The first-order chi connectivity index (χ1) is 15.7. The highest BCUT2D eigenvalue weighted by atomic mass is 32.2. The van der Waals surface area contributed by atoms with Crippen molar-refractivity contribution in [2.75, 3.05) is 45.2 Å². The van der Waals surface area contributed by atoms with Gasteiger partial charge in [0, 0.05) is 31.7 Å². The molecule has 0 atom stereocenters. The molecule has 1 heterocycles. The second-order valence-corrected chi connectivity index (χ2v) is 11.0. The highest BCUT2D eigenvalue weighted by molar-refractivity contribution is 7.89. The fourth-order valence-corrected chi connectivity index (χ4v) is 6.03. The molecule has 9 heteroatoms. The summed E-state index contributed by atoms with van der Waals surface area (Å²) in [6, 6.07) is 12.4. The summed E-state index contributed by atoms with van der Waals surface area (Å²) in [5.74, 6) is -0.196. The summed E-state index contributed by atoms with van der Waals surface area (Å²) in [5.41, 5.74) is 2.53. The monoisotopic (exact) mass is 488 g/mol. The summed E-state index contributed by atoms with van der Waals surface area (Å²) in [6.07, 6.45) is 0.940. The van der Waals surface area contributed by atoms with Crippen LogP contribution in [0.4, 0.5) is 5.13 Å². The van der Waals surface area contributed by atoms with Crippen molar-refractivity contribution in [3.8, 4) is 0 Å². The molecule has 33 heavy (non-hydrogen) atoms. The topological polar surface area (TPSA) is 73.8 Å². The first-order valence-corrected chi connectivity index (χ1v) is 13.4. The molecule has 0 aliphatic heterocycles. The van der Waals surface area contributed by atoms with Crippen LogP contribution in [0.1, 0.15) is 36.7 Å². The Morgan fingerprint density at radius 2 is 1.64 bits per heavy atom. The molecule has 0 aliphatic carbocycles. The van der Waals surface area contributed by atoms with Crippen molar-refractivity contribution in [1.82, 2.24) is 14.2 Å². The van der Waals surface area contributed by atoms with Crippen LogP contribution >= 0.6 is 11.3 Å². The normalized spacial score (nSPS) is 12.1. The van der Waals surface area contributed by atoms with Crippen LogP contribution in [0.15, 0.2) is 47.4 Å². The van der Waals surface area contributed by atoms with Crippen molar-refractivity contribution >= 4 is 42.6 Å². The number of anilines is 1. The van der Waals surface area contributed by atoms with E-state index >= 15 is 0 Å². The SMILES string of the molecule is CCc1ccc2nc(N(CCN(C)C)C(=O)c3ccc(S(=O)(=O)N(CC)CC)cc3)sc2c1. The van der Waals surface area contributed by atoms with Gasteiger partial charge in [-0.25, -0.2) is 13.4 Å². The van der Waals surface area contributed by atoms with E-state index in [0.717, 1.165) is 16.6 Å². The fourth-order valence-electron chi connectivity index (χ4n) is 3.51. The summed E-state index contributed by atoms with van der Waals surface area (Å²) < 4.78 is 28.0. The van der Waals surface area contributed by atoms with Gasteiger partial charge >= 0.3 is 0 Å². The molecule has 7 nitrogen and oxygen atoms in total. The van der Waals surface area contributed by atoms with E-state index in [1.165, 1.54) is 33.3 Å². The van der Waals surface area contributed by atoms with Gasteiger partial charge in [-0.3, -0.25) is 9.69 Å². The van der Waals surface area contributed by atoms with E-state index in [1.54, 1.807) is 17.0 Å². The summed E-state index contributed by atoms with van der Waals surface area (Å²) in [4.78, 5) is 22.1. The summed E-state index contributed by atoms with van der Waals surface area (Å²) >= 11 is 1.50. The van der Waals surface area contributed by atoms with Crippen LogP contribution < -0.4 is 4.90 Å². The second kappa shape index (κ2) is 10.7. The number of likely N-dealkylation sites (N-methyl/N-ethyl adjacent to an activating group) is 1. The number of carbonyl (C=O) groups is 1. The van der Waals surface area contributed by atoms with Crippen LogP contribution in [0, 0.1) is 0 Å². The van der Waals surface area contributed by atoms with Gasteiger partial charge in [0.2, 0.25) is 10.0 Å². The van der Waals surface area contributed by atoms with E-state index in [9.17, 15) is 13.2 Å². The first kappa shape index (κ1) is 25.3. The quantitative estimate of drug-likeness (QED) is 0.430. The van der Waals surface area contributed by atoms with Gasteiger partial charge in [0.1, 0.15) is 0 Å². The van der Waals surface area contributed by atoms with E-state index in [0.29, 0.717) is 36.9 Å². The molecule has 3 rings (SSSR count). The van der Waals surface area contributed by atoms with Gasteiger partial charge in [-0.15, -0.1) is 0 Å². The largest absolute Gasteiger partial charge is 0.308 e. The van der Waals surface area contributed by atoms with E-state index in [2.05, 4.69) is 19.1 Å². The van der Waals surface area contributed by atoms with Crippen molar-refractivity contribution in [3.05, 3.63) is 53.6 Å². The van der Waals surface area contributed by atoms with Crippen LogP contribution in [0.5, 0.6) is 0 Å². The Balaban J connectivity index is 1.94. The minimum atomic E-state index is -3.57. The summed E-state index contributed by atoms with van der Waals surface area (Å²) in [7, 11) is 0.349. The minimum Gasteiger partial charge on any atom is -0.308 e. The number of carbonyl (C=O) groups excluding carboxylic acids is 1. The number of benzene rings is 2. The number of hydrogen-bond acceptors (Lipinski definition) is 6. The van der Waals surface area contributed by atoms with Crippen molar-refractivity contribution in [3.63, 3.8) is 0 Å². The predicted octanol–water partition coefficient (Wildman–Crippen LogP) is 4.10. The van der Waals surface area contributed by atoms with Gasteiger partial charge in [0.25, 0.3) is 5.91 Å². The molecule has 178 valence electrons. The summed E-state index contributed by atoms with van der Waals surface area (Å²) in [5, 5.41) is 0.643. The Labute approximate surface area is 200 Å². The predicted molar refractivity (Wildman–Crippen MR) is 136 cm³/mol. The zero-order valence-electron chi connectivity index (χ0n) is 19.9. The number of hydrogen-bond donors (Lipinski definition) is 0. The maximum Gasteiger partial charge on any atom is 0.260 e. The molecule has 1 aromatic heterocycles. The van der Waals surface area contributed by atoms with Crippen LogP contribution in [0.25, 0.3) is 10.2 Å². The number of sulfonamides is 1. The van der Waals surface area contributed by atoms with Gasteiger partial charge in [0.15, 0.2) is 5.13 Å². The lowest BCUT2D eigenvalue weighted by Crippen LogP contribution is -2.36. The average Bonchev–Trinajstić information content (AvgIpc) is 3.22. The average molecular weight is 489 g/mol. The van der Waals surface area contributed by atoms with Gasteiger partial charge in [-0.1, -0.05) is 38.2 Å². The van der Waals surface area contributed by atoms with Crippen LogP contribution in [0.2, 0.25) is 0 Å². The standard InChI is InChI=1S/C24H32N4O3S2/c1-6-18-9-14-21-22(17-18)32-24(25-21)28(16-15-26(4)5)23(29)19-10-12-20(13-11-19)33(30,31)27(7-2)8-3/h9-14,17H,6-8,15-16H2,1-5H3. The highest BCUT2D eigenvalue weighted by Crippen LogP contribution is 2.31. The molecule has 0 saturated carbocycles. The molecule has 0 radical (unpaired) electrons. The third-order valence-corrected chi connectivity index (χ3v) is 8.65. The van der Waals surface area contributed by atoms with Crippen LogP contribution in [0.3, 0.4) is 0 Å². The number of thiazole rings is 1. The lowest BCUT2D eigenvalue weighted by atomic mass is 10.2. The third kappa shape index (κ3) is 5.60. The van der Waals surface area contributed by atoms with Crippen molar-refractivity contribution in [2.45, 2.75) is 32.1 Å². The van der Waals surface area contributed by atoms with Crippen LogP contribution in [-0.2, 0) is 16.4 Å². The third-order valence-electron chi connectivity index (χ3n) is 5.54. The van der Waals surface area contributed by atoms with Crippen molar-refractivity contribution in [1.29, 1.82) is 0 Å². The van der Waals surface area contributed by atoms with Gasteiger partial charge in [-0.05, 0) is 62.5 Å².